The van der Waals surface area contributed by atoms with Crippen molar-refractivity contribution >= 4 is 11.0 Å². The maximum absolute atomic E-state index is 4.74. The Morgan fingerprint density at radius 2 is 1.91 bits per heavy atom. The van der Waals surface area contributed by atoms with Crippen molar-refractivity contribution in [3.8, 4) is 11.3 Å². The summed E-state index contributed by atoms with van der Waals surface area (Å²) >= 11 is 0. The van der Waals surface area contributed by atoms with Gasteiger partial charge in [-0.3, -0.25) is 4.68 Å². The van der Waals surface area contributed by atoms with Crippen LogP contribution in [-0.4, -0.2) is 24.7 Å². The van der Waals surface area contributed by atoms with Gasteiger partial charge in [-0.15, -0.1) is 0 Å². The van der Waals surface area contributed by atoms with Crippen LogP contribution in [0.5, 0.6) is 0 Å². The van der Waals surface area contributed by atoms with Gasteiger partial charge in [0.25, 0.3) is 0 Å². The van der Waals surface area contributed by atoms with Gasteiger partial charge in [0.1, 0.15) is 12.0 Å². The number of nitrogens with one attached hydrogen (secondary N) is 1. The summed E-state index contributed by atoms with van der Waals surface area (Å²) in [5, 5.41) is 5.80. The maximum Gasteiger partial charge on any atom is 0.141 e. The standard InChI is InChI=1S/C18H21N5/c1-2-4-12(3-1)17(13-5-6-13)23-10-14(9-22-23)16-15-7-8-19-18(15)21-11-20-16/h7-13,17H,1-6H2,(H,19,20,21). The molecular formula is C18H21N5. The zero-order chi connectivity index (χ0) is 15.2. The van der Waals surface area contributed by atoms with Crippen molar-refractivity contribution in [3.63, 3.8) is 0 Å². The van der Waals surface area contributed by atoms with Crippen molar-refractivity contribution in [1.29, 1.82) is 0 Å². The highest BCUT2D eigenvalue weighted by atomic mass is 15.3. The normalized spacial score (nSPS) is 20.3. The monoisotopic (exact) mass is 307 g/mol. The average molecular weight is 307 g/mol. The van der Waals surface area contributed by atoms with Crippen LogP contribution in [0.1, 0.15) is 44.6 Å². The summed E-state index contributed by atoms with van der Waals surface area (Å²) in [4.78, 5) is 11.9. The second-order valence-electron chi connectivity index (χ2n) is 7.04. The van der Waals surface area contributed by atoms with Gasteiger partial charge in [0.05, 0.1) is 17.9 Å². The van der Waals surface area contributed by atoms with Gasteiger partial charge < -0.3 is 4.98 Å². The number of fused-ring (bicyclic) bond motifs is 1. The molecule has 5 nitrogen and oxygen atoms in total. The van der Waals surface area contributed by atoms with Gasteiger partial charge in [0.15, 0.2) is 0 Å². The first kappa shape index (κ1) is 13.3. The predicted octanol–water partition coefficient (Wildman–Crippen LogP) is 3.96. The van der Waals surface area contributed by atoms with Gasteiger partial charge in [-0.05, 0) is 43.6 Å². The molecule has 3 heterocycles. The molecule has 23 heavy (non-hydrogen) atoms. The largest absolute Gasteiger partial charge is 0.346 e. The van der Waals surface area contributed by atoms with E-state index in [1.165, 1.54) is 38.5 Å². The molecule has 0 amide bonds. The number of H-pyrrole nitrogens is 1. The Kier molecular flexibility index (Phi) is 2.99. The lowest BCUT2D eigenvalue weighted by molar-refractivity contribution is 0.276. The molecule has 3 aromatic rings. The van der Waals surface area contributed by atoms with Gasteiger partial charge in [0.2, 0.25) is 0 Å². The Balaban J connectivity index is 1.53. The number of nitrogens with zero attached hydrogens (tertiary/aromatic N) is 4. The Hall–Kier alpha value is -2.17. The quantitative estimate of drug-likeness (QED) is 0.793. The van der Waals surface area contributed by atoms with Crippen molar-refractivity contribution < 1.29 is 0 Å². The van der Waals surface area contributed by atoms with Crippen LogP contribution >= 0.6 is 0 Å². The molecule has 1 N–H and O–H groups in total. The molecule has 0 saturated heterocycles. The molecule has 2 aliphatic rings. The van der Waals surface area contributed by atoms with E-state index < -0.39 is 0 Å². The second-order valence-corrected chi connectivity index (χ2v) is 7.04. The summed E-state index contributed by atoms with van der Waals surface area (Å²) in [5.74, 6) is 1.65. The minimum atomic E-state index is 0.592. The molecule has 0 radical (unpaired) electrons. The van der Waals surface area contributed by atoms with Gasteiger partial charge in [-0.2, -0.15) is 5.10 Å². The van der Waals surface area contributed by atoms with Gasteiger partial charge in [-0.1, -0.05) is 12.8 Å². The van der Waals surface area contributed by atoms with E-state index in [-0.39, 0.29) is 0 Å². The van der Waals surface area contributed by atoms with Gasteiger partial charge in [0, 0.05) is 23.3 Å². The number of aromatic nitrogens is 5. The molecule has 0 bridgehead atoms. The van der Waals surface area contributed by atoms with E-state index in [1.807, 2.05) is 18.5 Å². The van der Waals surface area contributed by atoms with Crippen molar-refractivity contribution in [2.75, 3.05) is 0 Å². The fourth-order valence-corrected chi connectivity index (χ4v) is 4.28. The fraction of sp³-hybridized carbons (Fsp3) is 0.500. The summed E-state index contributed by atoms with van der Waals surface area (Å²) in [6, 6.07) is 2.63. The molecule has 0 aromatic carbocycles. The van der Waals surface area contributed by atoms with Gasteiger partial charge in [-0.25, -0.2) is 9.97 Å². The molecule has 1 unspecified atom stereocenters. The Bertz CT molecular complexity index is 823. The van der Waals surface area contributed by atoms with Crippen LogP contribution in [0.3, 0.4) is 0 Å². The van der Waals surface area contributed by atoms with E-state index in [4.69, 9.17) is 5.10 Å². The zero-order valence-corrected chi connectivity index (χ0v) is 13.2. The predicted molar refractivity (Wildman–Crippen MR) is 88.8 cm³/mol. The molecule has 1 atom stereocenters. The van der Waals surface area contributed by atoms with Crippen LogP contribution < -0.4 is 0 Å². The lowest BCUT2D eigenvalue weighted by atomic mass is 9.94. The summed E-state index contributed by atoms with van der Waals surface area (Å²) in [5.41, 5.74) is 2.96. The summed E-state index contributed by atoms with van der Waals surface area (Å²) < 4.78 is 2.24. The Labute approximate surface area is 135 Å². The highest BCUT2D eigenvalue weighted by molar-refractivity contribution is 5.89. The van der Waals surface area contributed by atoms with E-state index in [0.29, 0.717) is 6.04 Å². The summed E-state index contributed by atoms with van der Waals surface area (Å²) in [7, 11) is 0. The molecule has 2 saturated carbocycles. The van der Waals surface area contributed by atoms with Gasteiger partial charge >= 0.3 is 0 Å². The van der Waals surface area contributed by atoms with Crippen LogP contribution in [0.2, 0.25) is 0 Å². The number of rotatable bonds is 4. The topological polar surface area (TPSA) is 59.4 Å². The summed E-state index contributed by atoms with van der Waals surface area (Å²) in [6.45, 7) is 0. The molecule has 2 fully saturated rings. The third-order valence-electron chi connectivity index (χ3n) is 5.52. The first-order valence-electron chi connectivity index (χ1n) is 8.73. The van der Waals surface area contributed by atoms with Crippen LogP contribution in [0.15, 0.2) is 31.0 Å². The van der Waals surface area contributed by atoms with Crippen molar-refractivity contribution in [2.24, 2.45) is 11.8 Å². The van der Waals surface area contributed by atoms with Crippen LogP contribution in [-0.2, 0) is 0 Å². The van der Waals surface area contributed by atoms with E-state index in [2.05, 4.69) is 25.8 Å². The highest BCUT2D eigenvalue weighted by Crippen LogP contribution is 2.48. The van der Waals surface area contributed by atoms with E-state index in [0.717, 1.165) is 34.1 Å². The van der Waals surface area contributed by atoms with Crippen molar-refractivity contribution in [3.05, 3.63) is 31.0 Å². The average Bonchev–Trinajstić information content (AvgIpc) is 3.03. The highest BCUT2D eigenvalue weighted by Gasteiger charge is 2.39. The SMILES string of the molecule is c1nc(-c2cnn(C(C3CCCC3)C3CC3)c2)c2cc[nH]c2n1. The van der Waals surface area contributed by atoms with E-state index >= 15 is 0 Å². The molecule has 5 heteroatoms. The first-order valence-corrected chi connectivity index (χ1v) is 8.73. The minimum absolute atomic E-state index is 0.592. The van der Waals surface area contributed by atoms with E-state index in [1.54, 1.807) is 6.33 Å². The number of hydrogen-bond acceptors (Lipinski definition) is 3. The second kappa shape index (κ2) is 5.18. The number of aromatic amines is 1. The fourth-order valence-electron chi connectivity index (χ4n) is 4.28. The van der Waals surface area contributed by atoms with Crippen LogP contribution in [0.4, 0.5) is 0 Å². The van der Waals surface area contributed by atoms with Crippen molar-refractivity contribution in [1.82, 2.24) is 24.7 Å². The van der Waals surface area contributed by atoms with E-state index in [9.17, 15) is 0 Å². The lowest BCUT2D eigenvalue weighted by Gasteiger charge is -2.23. The smallest absolute Gasteiger partial charge is 0.141 e. The lowest BCUT2D eigenvalue weighted by Crippen LogP contribution is -2.19. The molecule has 5 rings (SSSR count). The third kappa shape index (κ3) is 2.26. The molecular weight excluding hydrogens is 286 g/mol. The molecule has 2 aliphatic carbocycles. The zero-order valence-electron chi connectivity index (χ0n) is 13.2. The number of hydrogen-bond donors (Lipinski definition) is 1. The minimum Gasteiger partial charge on any atom is -0.346 e. The third-order valence-corrected chi connectivity index (χ3v) is 5.52. The molecule has 0 aliphatic heterocycles. The molecule has 0 spiro atoms. The molecule has 118 valence electrons. The Morgan fingerprint density at radius 1 is 1.09 bits per heavy atom. The molecule has 3 aromatic heterocycles. The first-order chi connectivity index (χ1) is 11.4. The van der Waals surface area contributed by atoms with Crippen molar-refractivity contribution in [2.45, 2.75) is 44.6 Å². The van der Waals surface area contributed by atoms with Crippen LogP contribution in [0, 0.1) is 11.8 Å². The summed E-state index contributed by atoms with van der Waals surface area (Å²) in [6.07, 6.45) is 16.0. The van der Waals surface area contributed by atoms with Crippen LogP contribution in [0.25, 0.3) is 22.3 Å². The maximum atomic E-state index is 4.74. The Morgan fingerprint density at radius 3 is 2.74 bits per heavy atom.